The van der Waals surface area contributed by atoms with E-state index in [0.29, 0.717) is 12.5 Å². The summed E-state index contributed by atoms with van der Waals surface area (Å²) in [5.74, 6) is 0.412. The van der Waals surface area contributed by atoms with Gasteiger partial charge in [0.15, 0.2) is 0 Å². The lowest BCUT2D eigenvalue weighted by Crippen LogP contribution is -2.08. The quantitative estimate of drug-likeness (QED) is 0.809. The van der Waals surface area contributed by atoms with E-state index in [9.17, 15) is 0 Å². The van der Waals surface area contributed by atoms with E-state index in [1.807, 2.05) is 6.20 Å². The molecule has 1 unspecified atom stereocenters. The van der Waals surface area contributed by atoms with Gasteiger partial charge in [-0.2, -0.15) is 0 Å². The Balaban J connectivity index is 2.54. The van der Waals surface area contributed by atoms with Crippen LogP contribution in [0.2, 0.25) is 0 Å². The van der Waals surface area contributed by atoms with Crippen LogP contribution in [0.25, 0.3) is 10.9 Å². The standard InChI is InChI=1S/C13H16N2/c1-9-5-12-6-11(10(2)7-14)3-4-13(12)15-8-9/h3-6,8,10H,7,14H2,1-2H3. The smallest absolute Gasteiger partial charge is 0.0702 e. The van der Waals surface area contributed by atoms with Gasteiger partial charge in [0.1, 0.15) is 0 Å². The van der Waals surface area contributed by atoms with Crippen LogP contribution in [0.15, 0.2) is 30.5 Å². The first kappa shape index (κ1) is 10.1. The van der Waals surface area contributed by atoms with E-state index in [1.165, 1.54) is 16.5 Å². The van der Waals surface area contributed by atoms with Crippen LogP contribution in [0.5, 0.6) is 0 Å². The van der Waals surface area contributed by atoms with Gasteiger partial charge in [-0.15, -0.1) is 0 Å². The summed E-state index contributed by atoms with van der Waals surface area (Å²) in [5, 5.41) is 1.20. The molecule has 0 fully saturated rings. The molecule has 0 spiro atoms. The Morgan fingerprint density at radius 2 is 2.13 bits per heavy atom. The molecule has 0 saturated heterocycles. The fraction of sp³-hybridized carbons (Fsp3) is 0.308. The highest BCUT2D eigenvalue weighted by Crippen LogP contribution is 2.20. The maximum absolute atomic E-state index is 5.66. The van der Waals surface area contributed by atoms with Crippen LogP contribution in [0.3, 0.4) is 0 Å². The minimum absolute atomic E-state index is 0.412. The normalized spacial score (nSPS) is 13.0. The lowest BCUT2D eigenvalue weighted by atomic mass is 9.99. The number of benzene rings is 1. The Hall–Kier alpha value is -1.41. The summed E-state index contributed by atoms with van der Waals surface area (Å²) in [7, 11) is 0. The van der Waals surface area contributed by atoms with Crippen LogP contribution in [0, 0.1) is 6.92 Å². The second kappa shape index (κ2) is 3.99. The summed E-state index contributed by atoms with van der Waals surface area (Å²) in [5.41, 5.74) is 9.20. The van der Waals surface area contributed by atoms with E-state index in [-0.39, 0.29) is 0 Å². The molecule has 0 radical (unpaired) electrons. The first-order valence-electron chi connectivity index (χ1n) is 5.27. The molecule has 1 aromatic heterocycles. The number of nitrogens with two attached hydrogens (primary N) is 1. The van der Waals surface area contributed by atoms with Crippen molar-refractivity contribution in [3.05, 3.63) is 41.6 Å². The number of fused-ring (bicyclic) bond motifs is 1. The molecule has 2 heteroatoms. The van der Waals surface area contributed by atoms with Crippen LogP contribution in [0.1, 0.15) is 24.0 Å². The molecular formula is C13H16N2. The van der Waals surface area contributed by atoms with E-state index in [2.05, 4.69) is 43.1 Å². The van der Waals surface area contributed by atoms with Crippen molar-refractivity contribution in [3.63, 3.8) is 0 Å². The molecule has 2 N–H and O–H groups in total. The molecule has 78 valence electrons. The highest BCUT2D eigenvalue weighted by Gasteiger charge is 2.04. The third-order valence-corrected chi connectivity index (χ3v) is 2.76. The molecule has 1 aromatic carbocycles. The van der Waals surface area contributed by atoms with E-state index in [4.69, 9.17) is 5.73 Å². The minimum Gasteiger partial charge on any atom is -0.330 e. The zero-order chi connectivity index (χ0) is 10.8. The minimum atomic E-state index is 0.412. The first-order valence-corrected chi connectivity index (χ1v) is 5.27. The van der Waals surface area contributed by atoms with Crippen molar-refractivity contribution in [2.24, 2.45) is 5.73 Å². The molecule has 1 heterocycles. The molecule has 1 atom stereocenters. The zero-order valence-electron chi connectivity index (χ0n) is 9.20. The second-order valence-electron chi connectivity index (χ2n) is 4.10. The van der Waals surface area contributed by atoms with E-state index >= 15 is 0 Å². The van der Waals surface area contributed by atoms with Gasteiger partial charge in [0.2, 0.25) is 0 Å². The number of hydrogen-bond acceptors (Lipinski definition) is 2. The zero-order valence-corrected chi connectivity index (χ0v) is 9.20. The predicted molar refractivity (Wildman–Crippen MR) is 63.9 cm³/mol. The average Bonchev–Trinajstić information content (AvgIpc) is 2.27. The average molecular weight is 200 g/mol. The molecule has 2 nitrogen and oxygen atoms in total. The van der Waals surface area contributed by atoms with Gasteiger partial charge in [-0.1, -0.05) is 13.0 Å². The summed E-state index contributed by atoms with van der Waals surface area (Å²) in [4.78, 5) is 4.38. The summed E-state index contributed by atoms with van der Waals surface area (Å²) in [6.07, 6.45) is 1.90. The van der Waals surface area contributed by atoms with Crippen molar-refractivity contribution in [1.82, 2.24) is 4.98 Å². The molecule has 0 bridgehead atoms. The van der Waals surface area contributed by atoms with Crippen LogP contribution in [-0.4, -0.2) is 11.5 Å². The topological polar surface area (TPSA) is 38.9 Å². The highest BCUT2D eigenvalue weighted by atomic mass is 14.6. The van der Waals surface area contributed by atoms with Crippen molar-refractivity contribution in [2.75, 3.05) is 6.54 Å². The third-order valence-electron chi connectivity index (χ3n) is 2.76. The molecule has 0 aliphatic heterocycles. The van der Waals surface area contributed by atoms with Crippen molar-refractivity contribution in [2.45, 2.75) is 19.8 Å². The Labute approximate surface area is 90.1 Å². The van der Waals surface area contributed by atoms with Crippen LogP contribution >= 0.6 is 0 Å². The van der Waals surface area contributed by atoms with E-state index in [1.54, 1.807) is 0 Å². The van der Waals surface area contributed by atoms with Gasteiger partial charge in [0.05, 0.1) is 5.52 Å². The summed E-state index contributed by atoms with van der Waals surface area (Å²) < 4.78 is 0. The van der Waals surface area contributed by atoms with Gasteiger partial charge in [0.25, 0.3) is 0 Å². The fourth-order valence-corrected chi connectivity index (χ4v) is 1.70. The molecule has 2 rings (SSSR count). The molecule has 0 saturated carbocycles. The van der Waals surface area contributed by atoms with Crippen molar-refractivity contribution < 1.29 is 0 Å². The first-order chi connectivity index (χ1) is 7.20. The fourth-order valence-electron chi connectivity index (χ4n) is 1.70. The van der Waals surface area contributed by atoms with Gasteiger partial charge in [-0.25, -0.2) is 0 Å². The second-order valence-corrected chi connectivity index (χ2v) is 4.10. The Morgan fingerprint density at radius 1 is 1.33 bits per heavy atom. The third kappa shape index (κ3) is 2.00. The molecule has 15 heavy (non-hydrogen) atoms. The van der Waals surface area contributed by atoms with Gasteiger partial charge in [-0.3, -0.25) is 4.98 Å². The maximum atomic E-state index is 5.66. The summed E-state index contributed by atoms with van der Waals surface area (Å²) in [6.45, 7) is 4.89. The van der Waals surface area contributed by atoms with Crippen molar-refractivity contribution >= 4 is 10.9 Å². The lowest BCUT2D eigenvalue weighted by Gasteiger charge is -2.09. The largest absolute Gasteiger partial charge is 0.330 e. The van der Waals surface area contributed by atoms with Gasteiger partial charge in [0, 0.05) is 11.6 Å². The van der Waals surface area contributed by atoms with Crippen LogP contribution in [-0.2, 0) is 0 Å². The molecular weight excluding hydrogens is 184 g/mol. The number of aromatic nitrogens is 1. The van der Waals surface area contributed by atoms with Crippen molar-refractivity contribution in [3.8, 4) is 0 Å². The number of nitrogens with zero attached hydrogens (tertiary/aromatic N) is 1. The van der Waals surface area contributed by atoms with Gasteiger partial charge >= 0.3 is 0 Å². The van der Waals surface area contributed by atoms with Crippen LogP contribution < -0.4 is 5.73 Å². The highest BCUT2D eigenvalue weighted by molar-refractivity contribution is 5.79. The van der Waals surface area contributed by atoms with Gasteiger partial charge < -0.3 is 5.73 Å². The summed E-state index contributed by atoms with van der Waals surface area (Å²) in [6, 6.07) is 8.53. The van der Waals surface area contributed by atoms with Crippen molar-refractivity contribution in [1.29, 1.82) is 0 Å². The molecule has 0 amide bonds. The SMILES string of the molecule is Cc1cnc2ccc(C(C)CN)cc2c1. The molecule has 2 aromatic rings. The Bertz CT molecular complexity index is 477. The van der Waals surface area contributed by atoms with E-state index in [0.717, 1.165) is 5.52 Å². The lowest BCUT2D eigenvalue weighted by molar-refractivity contribution is 0.775. The molecule has 0 aliphatic carbocycles. The predicted octanol–water partition coefficient (Wildman–Crippen LogP) is 2.61. The van der Waals surface area contributed by atoms with Crippen LogP contribution in [0.4, 0.5) is 0 Å². The maximum Gasteiger partial charge on any atom is 0.0702 e. The Morgan fingerprint density at radius 3 is 2.87 bits per heavy atom. The van der Waals surface area contributed by atoms with Gasteiger partial charge in [-0.05, 0) is 48.7 Å². The number of rotatable bonds is 2. The molecule has 0 aliphatic rings. The monoisotopic (exact) mass is 200 g/mol. The number of pyridine rings is 1. The number of aryl methyl sites for hydroxylation is 1. The summed E-state index contributed by atoms with van der Waals surface area (Å²) >= 11 is 0. The Kier molecular flexibility index (Phi) is 2.69. The number of hydrogen-bond donors (Lipinski definition) is 1. The van der Waals surface area contributed by atoms with E-state index < -0.39 is 0 Å².